The number of nitrogens with zero attached hydrogens (tertiary/aromatic N) is 2. The Morgan fingerprint density at radius 2 is 1.95 bits per heavy atom. The third-order valence-electron chi connectivity index (χ3n) is 3.68. The van der Waals surface area contributed by atoms with Gasteiger partial charge in [-0.2, -0.15) is 0 Å². The number of halogens is 1. The Labute approximate surface area is 133 Å². The Morgan fingerprint density at radius 3 is 2.68 bits per heavy atom. The van der Waals surface area contributed by atoms with Crippen LogP contribution in [0.25, 0.3) is 5.65 Å². The second-order valence-corrected chi connectivity index (χ2v) is 5.69. The standard InChI is InChI=1S/C17H16ClN3O/c1-11-12(2)21-9-3-4-15(17(21)19-11)20-16(22)10-13-5-7-14(18)8-6-13/h3-9H,10H2,1-2H3,(H,20,22). The molecule has 2 heterocycles. The second-order valence-electron chi connectivity index (χ2n) is 5.25. The third-order valence-corrected chi connectivity index (χ3v) is 3.93. The number of hydrogen-bond acceptors (Lipinski definition) is 2. The van der Waals surface area contributed by atoms with Crippen LogP contribution in [0.5, 0.6) is 0 Å². The summed E-state index contributed by atoms with van der Waals surface area (Å²) in [7, 11) is 0. The summed E-state index contributed by atoms with van der Waals surface area (Å²) in [6.07, 6.45) is 2.25. The Hall–Kier alpha value is -2.33. The number of hydrogen-bond donors (Lipinski definition) is 1. The van der Waals surface area contributed by atoms with Gasteiger partial charge in [-0.1, -0.05) is 23.7 Å². The van der Waals surface area contributed by atoms with E-state index >= 15 is 0 Å². The summed E-state index contributed by atoms with van der Waals surface area (Å²) in [5.41, 5.74) is 4.44. The van der Waals surface area contributed by atoms with Crippen molar-refractivity contribution in [3.8, 4) is 0 Å². The van der Waals surface area contributed by atoms with Gasteiger partial charge >= 0.3 is 0 Å². The van der Waals surface area contributed by atoms with Gasteiger partial charge < -0.3 is 9.72 Å². The number of carbonyl (C=O) groups is 1. The highest BCUT2D eigenvalue weighted by Crippen LogP contribution is 2.19. The van der Waals surface area contributed by atoms with Crippen molar-refractivity contribution in [3.05, 3.63) is 64.6 Å². The van der Waals surface area contributed by atoms with E-state index in [2.05, 4.69) is 10.3 Å². The molecule has 0 fully saturated rings. The second kappa shape index (κ2) is 5.81. The van der Waals surface area contributed by atoms with E-state index < -0.39 is 0 Å². The van der Waals surface area contributed by atoms with Crippen molar-refractivity contribution in [2.75, 3.05) is 5.32 Å². The summed E-state index contributed by atoms with van der Waals surface area (Å²) >= 11 is 5.85. The van der Waals surface area contributed by atoms with Crippen LogP contribution in [-0.4, -0.2) is 15.3 Å². The van der Waals surface area contributed by atoms with Crippen LogP contribution in [0.3, 0.4) is 0 Å². The van der Waals surface area contributed by atoms with E-state index in [-0.39, 0.29) is 5.91 Å². The number of aryl methyl sites for hydroxylation is 2. The molecular formula is C17H16ClN3O. The van der Waals surface area contributed by atoms with Crippen LogP contribution < -0.4 is 5.32 Å². The minimum absolute atomic E-state index is 0.0753. The number of aromatic nitrogens is 2. The summed E-state index contributed by atoms with van der Waals surface area (Å²) in [5, 5.41) is 3.60. The first-order chi connectivity index (χ1) is 10.5. The van der Waals surface area contributed by atoms with E-state index in [9.17, 15) is 4.79 Å². The molecule has 1 N–H and O–H groups in total. The molecule has 112 valence electrons. The molecular weight excluding hydrogens is 298 g/mol. The van der Waals surface area contributed by atoms with Gasteiger partial charge in [0.2, 0.25) is 5.91 Å². The highest BCUT2D eigenvalue weighted by molar-refractivity contribution is 6.30. The summed E-state index contributed by atoms with van der Waals surface area (Å²) in [6, 6.07) is 11.0. The van der Waals surface area contributed by atoms with Crippen LogP contribution in [0, 0.1) is 13.8 Å². The average molecular weight is 314 g/mol. The Kier molecular flexibility index (Phi) is 3.86. The third kappa shape index (κ3) is 2.83. The fraction of sp³-hybridized carbons (Fsp3) is 0.176. The number of nitrogens with one attached hydrogen (secondary N) is 1. The molecule has 0 aliphatic rings. The Balaban J connectivity index is 1.82. The van der Waals surface area contributed by atoms with Crippen molar-refractivity contribution in [2.45, 2.75) is 20.3 Å². The zero-order valence-electron chi connectivity index (χ0n) is 12.4. The molecule has 0 saturated heterocycles. The zero-order valence-corrected chi connectivity index (χ0v) is 13.2. The van der Waals surface area contributed by atoms with Crippen molar-refractivity contribution in [1.29, 1.82) is 0 Å². The topological polar surface area (TPSA) is 46.4 Å². The molecule has 2 aromatic heterocycles. The summed E-state index contributed by atoms with van der Waals surface area (Å²) in [5.74, 6) is -0.0753. The maximum atomic E-state index is 12.2. The largest absolute Gasteiger partial charge is 0.323 e. The van der Waals surface area contributed by atoms with Crippen LogP contribution in [0.4, 0.5) is 5.69 Å². The van der Waals surface area contributed by atoms with Gasteiger partial charge in [0, 0.05) is 16.9 Å². The number of benzene rings is 1. The molecule has 0 atom stereocenters. The van der Waals surface area contributed by atoms with Gasteiger partial charge in [-0.3, -0.25) is 4.79 Å². The van der Waals surface area contributed by atoms with Gasteiger partial charge in [0.05, 0.1) is 17.8 Å². The quantitative estimate of drug-likeness (QED) is 0.799. The van der Waals surface area contributed by atoms with Crippen molar-refractivity contribution in [1.82, 2.24) is 9.38 Å². The van der Waals surface area contributed by atoms with E-state index in [0.29, 0.717) is 11.4 Å². The summed E-state index contributed by atoms with van der Waals surface area (Å²) in [4.78, 5) is 16.7. The predicted octanol–water partition coefficient (Wildman–Crippen LogP) is 3.79. The average Bonchev–Trinajstić information content (AvgIpc) is 2.78. The first-order valence-corrected chi connectivity index (χ1v) is 7.41. The summed E-state index contributed by atoms with van der Waals surface area (Å²) in [6.45, 7) is 3.97. The molecule has 1 amide bonds. The molecule has 0 saturated carbocycles. The monoisotopic (exact) mass is 313 g/mol. The lowest BCUT2D eigenvalue weighted by Crippen LogP contribution is -2.15. The van der Waals surface area contributed by atoms with E-state index in [4.69, 9.17) is 11.6 Å². The lowest BCUT2D eigenvalue weighted by atomic mass is 10.1. The summed E-state index contributed by atoms with van der Waals surface area (Å²) < 4.78 is 1.98. The number of pyridine rings is 1. The van der Waals surface area contributed by atoms with Crippen LogP contribution in [0.15, 0.2) is 42.6 Å². The molecule has 4 nitrogen and oxygen atoms in total. The van der Waals surface area contributed by atoms with Crippen LogP contribution in [-0.2, 0) is 11.2 Å². The van der Waals surface area contributed by atoms with Gasteiger partial charge in [-0.25, -0.2) is 4.98 Å². The van der Waals surface area contributed by atoms with Gasteiger partial charge in [0.15, 0.2) is 5.65 Å². The van der Waals surface area contributed by atoms with E-state index in [1.165, 1.54) is 0 Å². The SMILES string of the molecule is Cc1nc2c(NC(=O)Cc3ccc(Cl)cc3)cccn2c1C. The lowest BCUT2D eigenvalue weighted by molar-refractivity contribution is -0.115. The molecule has 22 heavy (non-hydrogen) atoms. The molecule has 0 bridgehead atoms. The maximum absolute atomic E-state index is 12.2. The number of carbonyl (C=O) groups excluding carboxylic acids is 1. The number of fused-ring (bicyclic) bond motifs is 1. The van der Waals surface area contributed by atoms with Crippen molar-refractivity contribution in [2.24, 2.45) is 0 Å². The normalized spacial score (nSPS) is 10.9. The predicted molar refractivity (Wildman–Crippen MR) is 88.5 cm³/mol. The first kappa shape index (κ1) is 14.6. The highest BCUT2D eigenvalue weighted by Gasteiger charge is 2.11. The van der Waals surface area contributed by atoms with E-state index in [1.807, 2.05) is 48.7 Å². The zero-order chi connectivity index (χ0) is 15.7. The number of imidazole rings is 1. The van der Waals surface area contributed by atoms with Crippen molar-refractivity contribution >= 4 is 28.8 Å². The van der Waals surface area contributed by atoms with Gasteiger partial charge in [0.25, 0.3) is 0 Å². The fourth-order valence-corrected chi connectivity index (χ4v) is 2.50. The molecule has 0 aliphatic heterocycles. The molecule has 3 aromatic rings. The molecule has 0 spiro atoms. The smallest absolute Gasteiger partial charge is 0.228 e. The highest BCUT2D eigenvalue weighted by atomic mass is 35.5. The van der Waals surface area contributed by atoms with Gasteiger partial charge in [-0.15, -0.1) is 0 Å². The van der Waals surface area contributed by atoms with Crippen LogP contribution in [0.2, 0.25) is 5.02 Å². The first-order valence-electron chi connectivity index (χ1n) is 7.03. The molecule has 0 radical (unpaired) electrons. The van der Waals surface area contributed by atoms with Gasteiger partial charge in [-0.05, 0) is 43.7 Å². The Morgan fingerprint density at radius 1 is 1.23 bits per heavy atom. The minimum atomic E-state index is -0.0753. The lowest BCUT2D eigenvalue weighted by Gasteiger charge is -2.07. The molecule has 5 heteroatoms. The molecule has 1 aromatic carbocycles. The van der Waals surface area contributed by atoms with E-state index in [1.54, 1.807) is 12.1 Å². The van der Waals surface area contributed by atoms with Crippen LogP contribution >= 0.6 is 11.6 Å². The minimum Gasteiger partial charge on any atom is -0.323 e. The van der Waals surface area contributed by atoms with Crippen LogP contribution in [0.1, 0.15) is 17.0 Å². The number of amides is 1. The molecule has 3 rings (SSSR count). The maximum Gasteiger partial charge on any atom is 0.228 e. The van der Waals surface area contributed by atoms with Crippen molar-refractivity contribution < 1.29 is 4.79 Å². The number of anilines is 1. The van der Waals surface area contributed by atoms with E-state index in [0.717, 1.165) is 28.3 Å². The molecule has 0 unspecified atom stereocenters. The Bertz CT molecular complexity index is 837. The van der Waals surface area contributed by atoms with Crippen molar-refractivity contribution in [3.63, 3.8) is 0 Å². The number of rotatable bonds is 3. The fourth-order valence-electron chi connectivity index (χ4n) is 2.38. The van der Waals surface area contributed by atoms with Gasteiger partial charge in [0.1, 0.15) is 0 Å². The molecule has 0 aliphatic carbocycles.